The van der Waals surface area contributed by atoms with E-state index in [0.29, 0.717) is 0 Å². The Morgan fingerprint density at radius 1 is 1.33 bits per heavy atom. The number of likely N-dealkylation sites (tertiary alicyclic amines) is 1. The van der Waals surface area contributed by atoms with Gasteiger partial charge in [0.05, 0.1) is 19.3 Å². The lowest BCUT2D eigenvalue weighted by Gasteiger charge is -2.27. The van der Waals surface area contributed by atoms with Gasteiger partial charge >= 0.3 is 12.1 Å². The van der Waals surface area contributed by atoms with Crippen LogP contribution in [0.1, 0.15) is 27.7 Å². The van der Waals surface area contributed by atoms with Crippen molar-refractivity contribution in [3.8, 4) is 0 Å². The van der Waals surface area contributed by atoms with Crippen molar-refractivity contribution in [2.75, 3.05) is 13.7 Å². The Morgan fingerprint density at radius 2 is 1.89 bits per heavy atom. The normalized spacial score (nSPS) is 28.1. The molecule has 0 aliphatic carbocycles. The number of ether oxygens (including phenoxy) is 2. The summed E-state index contributed by atoms with van der Waals surface area (Å²) in [6, 6.07) is -0.469. The molecule has 0 radical (unpaired) electrons. The fourth-order valence-corrected chi connectivity index (χ4v) is 1.93. The number of hydrogen-bond acceptors (Lipinski definition) is 5. The maximum Gasteiger partial charge on any atom is 0.410 e. The average molecular weight is 259 g/mol. The van der Waals surface area contributed by atoms with E-state index >= 15 is 0 Å². The molecule has 1 rings (SSSR count). The highest BCUT2D eigenvalue weighted by Crippen LogP contribution is 2.26. The van der Waals surface area contributed by atoms with Crippen molar-refractivity contribution in [3.05, 3.63) is 0 Å². The molecule has 0 bridgehead atoms. The molecule has 0 aromatic carbocycles. The Balaban J connectivity index is 2.75. The lowest BCUT2D eigenvalue weighted by molar-refractivity contribution is -0.147. The predicted octanol–water partition coefficient (Wildman–Crippen LogP) is 0.776. The van der Waals surface area contributed by atoms with Gasteiger partial charge in [0.1, 0.15) is 11.5 Å². The van der Waals surface area contributed by atoms with Gasteiger partial charge in [-0.1, -0.05) is 0 Å². The second kappa shape index (κ2) is 5.14. The van der Waals surface area contributed by atoms with Crippen LogP contribution in [0.4, 0.5) is 4.79 Å². The van der Waals surface area contributed by atoms with Crippen molar-refractivity contribution in [3.63, 3.8) is 0 Å². The van der Waals surface area contributed by atoms with Crippen molar-refractivity contribution >= 4 is 12.1 Å². The quantitative estimate of drug-likeness (QED) is 0.704. The summed E-state index contributed by atoms with van der Waals surface area (Å²) in [7, 11) is 1.26. The van der Waals surface area contributed by atoms with Crippen LogP contribution in [-0.4, -0.2) is 53.5 Å². The van der Waals surface area contributed by atoms with Crippen LogP contribution in [0.5, 0.6) is 0 Å². The SMILES string of the molecule is COC(=O)C1CN(C(=O)OC(C)(C)C)C(C)[C@H]1O. The molecule has 18 heavy (non-hydrogen) atoms. The van der Waals surface area contributed by atoms with Crippen LogP contribution in [0.25, 0.3) is 0 Å². The molecule has 0 spiro atoms. The lowest BCUT2D eigenvalue weighted by Crippen LogP contribution is -2.40. The van der Waals surface area contributed by atoms with E-state index < -0.39 is 35.7 Å². The van der Waals surface area contributed by atoms with Crippen molar-refractivity contribution in [1.29, 1.82) is 0 Å². The Hall–Kier alpha value is -1.30. The standard InChI is InChI=1S/C12H21NO5/c1-7-9(14)8(10(15)17-5)6-13(7)11(16)18-12(2,3)4/h7-9,14H,6H2,1-5H3/t7?,8?,9-/m1/s1. The lowest BCUT2D eigenvalue weighted by atomic mass is 10.0. The molecule has 1 saturated heterocycles. The van der Waals surface area contributed by atoms with Crippen molar-refractivity contribution in [2.45, 2.75) is 45.4 Å². The van der Waals surface area contributed by atoms with Crippen LogP contribution >= 0.6 is 0 Å². The van der Waals surface area contributed by atoms with Gasteiger partial charge in [0.25, 0.3) is 0 Å². The van der Waals surface area contributed by atoms with Crippen LogP contribution in [0.2, 0.25) is 0 Å². The van der Waals surface area contributed by atoms with E-state index in [1.54, 1.807) is 27.7 Å². The first kappa shape index (κ1) is 14.8. The molecule has 1 aliphatic heterocycles. The minimum atomic E-state index is -0.926. The molecule has 1 amide bonds. The summed E-state index contributed by atoms with van der Waals surface area (Å²) in [5.41, 5.74) is -0.606. The van der Waals surface area contributed by atoms with Gasteiger partial charge in [-0.05, 0) is 27.7 Å². The van der Waals surface area contributed by atoms with Crippen molar-refractivity contribution < 1.29 is 24.2 Å². The van der Waals surface area contributed by atoms with Crippen molar-refractivity contribution in [1.82, 2.24) is 4.90 Å². The van der Waals surface area contributed by atoms with Gasteiger partial charge in [0.2, 0.25) is 0 Å². The Bertz CT molecular complexity index is 336. The van der Waals surface area contributed by atoms with E-state index in [1.165, 1.54) is 12.0 Å². The Labute approximate surface area is 107 Å². The minimum Gasteiger partial charge on any atom is -0.469 e. The molecule has 3 atom stereocenters. The van der Waals surface area contributed by atoms with E-state index in [0.717, 1.165) is 0 Å². The Kier molecular flexibility index (Phi) is 4.21. The molecule has 1 heterocycles. The summed E-state index contributed by atoms with van der Waals surface area (Å²) in [4.78, 5) is 24.7. The van der Waals surface area contributed by atoms with Gasteiger partial charge in [-0.15, -0.1) is 0 Å². The molecular formula is C12H21NO5. The average Bonchev–Trinajstić information content (AvgIpc) is 2.53. The fourth-order valence-electron chi connectivity index (χ4n) is 1.93. The molecule has 0 aromatic rings. The van der Waals surface area contributed by atoms with Gasteiger partial charge in [-0.2, -0.15) is 0 Å². The second-order valence-corrected chi connectivity index (χ2v) is 5.49. The molecular weight excluding hydrogens is 238 g/mol. The van der Waals surface area contributed by atoms with Gasteiger partial charge in [-0.3, -0.25) is 4.79 Å². The number of amides is 1. The van der Waals surface area contributed by atoms with Crippen LogP contribution in [-0.2, 0) is 14.3 Å². The van der Waals surface area contributed by atoms with Crippen LogP contribution in [0, 0.1) is 5.92 Å². The molecule has 1 aliphatic rings. The Morgan fingerprint density at radius 3 is 2.33 bits per heavy atom. The van der Waals surface area contributed by atoms with E-state index in [1.807, 2.05) is 0 Å². The molecule has 1 N–H and O–H groups in total. The highest BCUT2D eigenvalue weighted by molar-refractivity contribution is 5.77. The number of nitrogens with zero attached hydrogens (tertiary/aromatic N) is 1. The summed E-state index contributed by atoms with van der Waals surface area (Å²) < 4.78 is 9.83. The highest BCUT2D eigenvalue weighted by atomic mass is 16.6. The molecule has 6 heteroatoms. The first-order valence-corrected chi connectivity index (χ1v) is 5.93. The molecule has 1 fully saturated rings. The zero-order valence-corrected chi connectivity index (χ0v) is 11.5. The summed E-state index contributed by atoms with van der Waals surface area (Å²) in [6.07, 6.45) is -1.45. The number of carbonyl (C=O) groups is 2. The summed E-state index contributed by atoms with van der Waals surface area (Å²) in [6.45, 7) is 7.08. The maximum atomic E-state index is 11.9. The molecule has 6 nitrogen and oxygen atoms in total. The van der Waals surface area contributed by atoms with E-state index in [4.69, 9.17) is 4.74 Å². The number of rotatable bonds is 1. The predicted molar refractivity (Wildman–Crippen MR) is 63.9 cm³/mol. The van der Waals surface area contributed by atoms with Crippen LogP contribution in [0.3, 0.4) is 0 Å². The highest BCUT2D eigenvalue weighted by Gasteiger charge is 2.45. The zero-order valence-electron chi connectivity index (χ0n) is 11.5. The number of methoxy groups -OCH3 is 1. The summed E-state index contributed by atoms with van der Waals surface area (Å²) >= 11 is 0. The summed E-state index contributed by atoms with van der Waals surface area (Å²) in [5.74, 6) is -1.22. The van der Waals surface area contributed by atoms with Gasteiger partial charge in [-0.25, -0.2) is 4.79 Å². The molecule has 104 valence electrons. The number of aliphatic hydroxyl groups is 1. The number of hydrogen-bond donors (Lipinski definition) is 1. The van der Waals surface area contributed by atoms with Gasteiger partial charge < -0.3 is 19.5 Å². The number of esters is 1. The molecule has 2 unspecified atom stereocenters. The van der Waals surface area contributed by atoms with E-state index in [2.05, 4.69) is 4.74 Å². The second-order valence-electron chi connectivity index (χ2n) is 5.49. The third-order valence-electron chi connectivity index (χ3n) is 2.92. The van der Waals surface area contributed by atoms with Crippen LogP contribution in [0.15, 0.2) is 0 Å². The van der Waals surface area contributed by atoms with E-state index in [-0.39, 0.29) is 6.54 Å². The molecule has 0 saturated carbocycles. The van der Waals surface area contributed by atoms with Crippen molar-refractivity contribution in [2.24, 2.45) is 5.92 Å². The summed E-state index contributed by atoms with van der Waals surface area (Å²) in [5, 5.41) is 9.93. The minimum absolute atomic E-state index is 0.115. The smallest absolute Gasteiger partial charge is 0.410 e. The fraction of sp³-hybridized carbons (Fsp3) is 0.833. The monoisotopic (exact) mass is 259 g/mol. The van der Waals surface area contributed by atoms with Crippen LogP contribution < -0.4 is 0 Å². The third kappa shape index (κ3) is 3.13. The van der Waals surface area contributed by atoms with Gasteiger partial charge in [0, 0.05) is 6.54 Å². The van der Waals surface area contributed by atoms with Gasteiger partial charge in [0.15, 0.2) is 0 Å². The zero-order chi connectivity index (χ0) is 14.1. The largest absolute Gasteiger partial charge is 0.469 e. The van der Waals surface area contributed by atoms with E-state index in [9.17, 15) is 14.7 Å². The maximum absolute atomic E-state index is 11.9. The molecule has 0 aromatic heterocycles. The first-order chi connectivity index (χ1) is 8.17. The number of carbonyl (C=O) groups excluding carboxylic acids is 2. The number of aliphatic hydroxyl groups excluding tert-OH is 1. The topological polar surface area (TPSA) is 76.1 Å². The third-order valence-corrected chi connectivity index (χ3v) is 2.92. The first-order valence-electron chi connectivity index (χ1n) is 5.93.